The Balaban J connectivity index is 1.90. The monoisotopic (exact) mass is 297 g/mol. The van der Waals surface area contributed by atoms with Crippen LogP contribution in [0.4, 0.5) is 0 Å². The van der Waals surface area contributed by atoms with Gasteiger partial charge in [-0.1, -0.05) is 23.4 Å². The summed E-state index contributed by atoms with van der Waals surface area (Å²) in [5.41, 5.74) is 1.74. The smallest absolute Gasteiger partial charge is 0.212 e. The average Bonchev–Trinajstić information content (AvgIpc) is 3.11. The van der Waals surface area contributed by atoms with Crippen LogP contribution in [-0.4, -0.2) is 20.0 Å². The Kier molecular flexibility index (Phi) is 3.62. The van der Waals surface area contributed by atoms with Gasteiger partial charge in [-0.2, -0.15) is 9.94 Å². The summed E-state index contributed by atoms with van der Waals surface area (Å²) < 4.78 is 7.24. The maximum absolute atomic E-state index is 9.14. The van der Waals surface area contributed by atoms with Crippen molar-refractivity contribution in [1.82, 2.24) is 20.0 Å². The summed E-state index contributed by atoms with van der Waals surface area (Å²) in [6, 6.07) is 11.4. The third-order valence-corrected chi connectivity index (χ3v) is 3.71. The number of hydrogen-bond acceptors (Lipinski definition) is 6. The van der Waals surface area contributed by atoms with Crippen LogP contribution in [-0.2, 0) is 6.61 Å². The summed E-state index contributed by atoms with van der Waals surface area (Å²) in [5.74, 6) is 0.726. The van der Waals surface area contributed by atoms with Crippen LogP contribution in [0.3, 0.4) is 0 Å². The van der Waals surface area contributed by atoms with Crippen LogP contribution < -0.4 is 4.74 Å². The lowest BCUT2D eigenvalue weighted by molar-refractivity contribution is 0.297. The molecule has 104 valence electrons. The van der Waals surface area contributed by atoms with Gasteiger partial charge in [0.05, 0.1) is 5.69 Å². The second kappa shape index (κ2) is 5.73. The number of hydrogen-bond donors (Lipinski definition) is 0. The molecule has 0 fully saturated rings. The van der Waals surface area contributed by atoms with Crippen molar-refractivity contribution in [3.05, 3.63) is 52.8 Å². The first kappa shape index (κ1) is 13.3. The van der Waals surface area contributed by atoms with E-state index in [1.807, 2.05) is 48.7 Å². The molecule has 0 radical (unpaired) electrons. The lowest BCUT2D eigenvalue weighted by atomic mass is 10.3. The van der Waals surface area contributed by atoms with E-state index in [0.29, 0.717) is 10.8 Å². The van der Waals surface area contributed by atoms with Gasteiger partial charge in [-0.25, -0.2) is 4.98 Å². The van der Waals surface area contributed by atoms with Crippen LogP contribution in [0.1, 0.15) is 17.1 Å². The van der Waals surface area contributed by atoms with E-state index in [2.05, 4.69) is 15.3 Å². The topological polar surface area (TPSA) is 76.6 Å². The molecule has 3 aromatic rings. The maximum Gasteiger partial charge on any atom is 0.212 e. The molecular weight excluding hydrogens is 286 g/mol. The first-order valence-electron chi connectivity index (χ1n) is 6.23. The summed E-state index contributed by atoms with van der Waals surface area (Å²) in [7, 11) is 0. The number of ether oxygens (including phenoxy) is 1. The summed E-state index contributed by atoms with van der Waals surface area (Å²) in [5, 5.41) is 19.6. The van der Waals surface area contributed by atoms with Gasteiger partial charge in [0, 0.05) is 5.38 Å². The lowest BCUT2D eigenvalue weighted by Crippen LogP contribution is -2.06. The number of rotatable bonds is 4. The highest BCUT2D eigenvalue weighted by molar-refractivity contribution is 7.12. The molecule has 2 heterocycles. The van der Waals surface area contributed by atoms with Crippen molar-refractivity contribution in [3.8, 4) is 17.0 Å². The van der Waals surface area contributed by atoms with Gasteiger partial charge >= 0.3 is 0 Å². The van der Waals surface area contributed by atoms with Crippen LogP contribution in [0.5, 0.6) is 5.75 Å². The highest BCUT2D eigenvalue weighted by atomic mass is 32.1. The molecule has 0 atom stereocenters. The fourth-order valence-electron chi connectivity index (χ4n) is 1.78. The Labute approximate surface area is 125 Å². The summed E-state index contributed by atoms with van der Waals surface area (Å²) in [6.07, 6.45) is 0. The minimum Gasteiger partial charge on any atom is -0.487 e. The van der Waals surface area contributed by atoms with E-state index in [4.69, 9.17) is 10.00 Å². The average molecular weight is 297 g/mol. The minimum atomic E-state index is 0.207. The molecule has 0 bridgehead atoms. The second-order valence-electron chi connectivity index (χ2n) is 4.28. The third-order valence-electron chi connectivity index (χ3n) is 2.78. The Bertz CT molecular complexity index is 787. The zero-order valence-corrected chi connectivity index (χ0v) is 12.0. The maximum atomic E-state index is 9.14. The van der Waals surface area contributed by atoms with E-state index in [1.165, 1.54) is 11.3 Å². The number of aryl methyl sites for hydroxylation is 1. The fraction of sp³-hybridized carbons (Fsp3) is 0.143. The number of aromatic nitrogens is 4. The van der Waals surface area contributed by atoms with E-state index in [1.54, 1.807) is 4.68 Å². The molecule has 2 aromatic heterocycles. The largest absolute Gasteiger partial charge is 0.487 e. The molecule has 0 amide bonds. The number of para-hydroxylation sites is 1. The first-order valence-corrected chi connectivity index (χ1v) is 7.11. The van der Waals surface area contributed by atoms with E-state index >= 15 is 0 Å². The van der Waals surface area contributed by atoms with E-state index < -0.39 is 0 Å². The van der Waals surface area contributed by atoms with Gasteiger partial charge in [0.15, 0.2) is 5.69 Å². The van der Waals surface area contributed by atoms with Crippen molar-refractivity contribution in [2.45, 2.75) is 13.5 Å². The van der Waals surface area contributed by atoms with Crippen LogP contribution in [0, 0.1) is 18.3 Å². The zero-order chi connectivity index (χ0) is 14.7. The lowest BCUT2D eigenvalue weighted by Gasteiger charge is -2.06. The Morgan fingerprint density at radius 2 is 2.14 bits per heavy atom. The zero-order valence-electron chi connectivity index (χ0n) is 11.2. The van der Waals surface area contributed by atoms with Crippen molar-refractivity contribution in [1.29, 1.82) is 5.26 Å². The summed E-state index contributed by atoms with van der Waals surface area (Å²) in [6.45, 7) is 2.11. The minimum absolute atomic E-state index is 0.207. The molecule has 0 spiro atoms. The number of nitriles is 1. The van der Waals surface area contributed by atoms with Crippen molar-refractivity contribution in [2.75, 3.05) is 0 Å². The second-order valence-corrected chi connectivity index (χ2v) is 5.12. The van der Waals surface area contributed by atoms with Gasteiger partial charge < -0.3 is 4.74 Å². The van der Waals surface area contributed by atoms with Gasteiger partial charge in [-0.05, 0) is 19.1 Å². The third kappa shape index (κ3) is 2.75. The van der Waals surface area contributed by atoms with Crippen molar-refractivity contribution in [3.63, 3.8) is 0 Å². The number of benzene rings is 1. The molecular formula is C14H11N5OS. The Hall–Kier alpha value is -2.72. The highest BCUT2D eigenvalue weighted by Crippen LogP contribution is 2.19. The predicted octanol–water partition coefficient (Wildman–Crippen LogP) is 2.48. The summed E-state index contributed by atoms with van der Waals surface area (Å²) in [4.78, 5) is 4.36. The normalized spacial score (nSPS) is 10.3. The number of thiazole rings is 1. The van der Waals surface area contributed by atoms with Crippen molar-refractivity contribution < 1.29 is 4.74 Å². The molecule has 0 aliphatic carbocycles. The molecule has 0 aliphatic rings. The Morgan fingerprint density at radius 1 is 1.33 bits per heavy atom. The van der Waals surface area contributed by atoms with E-state index in [-0.39, 0.29) is 12.3 Å². The summed E-state index contributed by atoms with van der Waals surface area (Å²) >= 11 is 1.45. The predicted molar refractivity (Wildman–Crippen MR) is 77.3 cm³/mol. The molecule has 3 rings (SSSR count). The molecule has 1 aromatic carbocycles. The van der Waals surface area contributed by atoms with Crippen molar-refractivity contribution >= 4 is 11.3 Å². The molecule has 0 aliphatic heterocycles. The van der Waals surface area contributed by atoms with Crippen molar-refractivity contribution in [2.24, 2.45) is 0 Å². The molecule has 7 heteroatoms. The van der Waals surface area contributed by atoms with Gasteiger partial charge in [0.25, 0.3) is 0 Å². The fourth-order valence-corrected chi connectivity index (χ4v) is 2.55. The Morgan fingerprint density at radius 3 is 2.81 bits per heavy atom. The molecule has 0 saturated carbocycles. The molecule has 0 N–H and O–H groups in total. The van der Waals surface area contributed by atoms with Crippen LogP contribution >= 0.6 is 11.3 Å². The van der Waals surface area contributed by atoms with Gasteiger partial charge in [0.1, 0.15) is 24.1 Å². The van der Waals surface area contributed by atoms with Crippen LogP contribution in [0.15, 0.2) is 35.7 Å². The number of nitrogens with zero attached hydrogens (tertiary/aromatic N) is 5. The molecule has 21 heavy (non-hydrogen) atoms. The molecule has 6 nitrogen and oxygen atoms in total. The highest BCUT2D eigenvalue weighted by Gasteiger charge is 2.16. The standard InChI is InChI=1S/C14H11N5OS/c1-10-9-21-14(16-10)19-13(12(7-15)17-18-19)8-20-11-5-3-2-4-6-11/h2-6,9H,8H2,1H3. The van der Waals surface area contributed by atoms with E-state index in [0.717, 1.165) is 11.4 Å². The SMILES string of the molecule is Cc1csc(-n2nnc(C#N)c2COc2ccccc2)n1. The van der Waals surface area contributed by atoms with E-state index in [9.17, 15) is 0 Å². The van der Waals surface area contributed by atoms with Gasteiger partial charge in [-0.3, -0.25) is 0 Å². The quantitative estimate of drug-likeness (QED) is 0.739. The molecule has 0 unspecified atom stereocenters. The van der Waals surface area contributed by atoms with Gasteiger partial charge in [-0.15, -0.1) is 16.4 Å². The first-order chi connectivity index (χ1) is 10.3. The van der Waals surface area contributed by atoms with Crippen LogP contribution in [0.25, 0.3) is 5.13 Å². The van der Waals surface area contributed by atoms with Crippen LogP contribution in [0.2, 0.25) is 0 Å². The van der Waals surface area contributed by atoms with Gasteiger partial charge in [0.2, 0.25) is 5.13 Å². The molecule has 0 saturated heterocycles.